The molecule has 0 radical (unpaired) electrons. The summed E-state index contributed by atoms with van der Waals surface area (Å²) in [6.07, 6.45) is 3.13. The van der Waals surface area contributed by atoms with Crippen LogP contribution < -0.4 is 10.2 Å². The number of nitrogens with zero attached hydrogens (tertiary/aromatic N) is 5. The second-order valence-electron chi connectivity index (χ2n) is 8.48. The van der Waals surface area contributed by atoms with Crippen molar-refractivity contribution in [1.29, 1.82) is 5.26 Å². The predicted molar refractivity (Wildman–Crippen MR) is 125 cm³/mol. The number of imidazole rings is 1. The Morgan fingerprint density at radius 1 is 1.24 bits per heavy atom. The number of amides is 1. The van der Waals surface area contributed by atoms with Gasteiger partial charge in [-0.2, -0.15) is 22.3 Å². The van der Waals surface area contributed by atoms with Crippen molar-refractivity contribution in [3.8, 4) is 6.07 Å². The minimum Gasteiger partial charge on any atom is -0.369 e. The molecule has 11 heteroatoms. The van der Waals surface area contributed by atoms with Crippen LogP contribution >= 0.6 is 0 Å². The van der Waals surface area contributed by atoms with E-state index in [0.29, 0.717) is 18.8 Å². The standard InChI is InChI=1S/C22H27N7O3S/c1-15-6-8-29(9-7-15)20-10-16(17-13-27(2)33(31,32)28(3)14-17)4-5-19(20)26-22(30)21-24-12-18(11-23)25-21/h4-5,10,12,17H,1,6-9,13-14H2,2-3H3,(H,24,25)(H,26,30). The second kappa shape index (κ2) is 8.97. The molecule has 0 bridgehead atoms. The van der Waals surface area contributed by atoms with Crippen molar-refractivity contribution in [3.05, 3.63) is 53.6 Å². The van der Waals surface area contributed by atoms with Gasteiger partial charge in [-0.15, -0.1) is 0 Å². The van der Waals surface area contributed by atoms with E-state index in [1.54, 1.807) is 14.1 Å². The maximum Gasteiger partial charge on any atom is 0.291 e. The van der Waals surface area contributed by atoms with E-state index in [9.17, 15) is 13.2 Å². The number of H-pyrrole nitrogens is 1. The number of aromatic nitrogens is 2. The van der Waals surface area contributed by atoms with Gasteiger partial charge < -0.3 is 15.2 Å². The van der Waals surface area contributed by atoms with Crippen LogP contribution in [-0.4, -0.2) is 73.2 Å². The quantitative estimate of drug-likeness (QED) is 0.659. The van der Waals surface area contributed by atoms with E-state index in [0.717, 1.165) is 37.2 Å². The second-order valence-corrected chi connectivity index (χ2v) is 10.6. The molecule has 10 nitrogen and oxygen atoms in total. The number of carbonyl (C=O) groups excluding carboxylic acids is 1. The van der Waals surface area contributed by atoms with Gasteiger partial charge in [0.2, 0.25) is 0 Å². The number of carbonyl (C=O) groups is 1. The first-order valence-corrected chi connectivity index (χ1v) is 12.1. The molecular weight excluding hydrogens is 442 g/mol. The number of nitrogens with one attached hydrogen (secondary N) is 2. The fourth-order valence-corrected chi connectivity index (χ4v) is 5.44. The molecule has 0 spiro atoms. The maximum atomic E-state index is 12.7. The zero-order valence-corrected chi connectivity index (χ0v) is 19.5. The fraction of sp³-hybridized carbons (Fsp3) is 0.409. The molecule has 2 aliphatic heterocycles. The summed E-state index contributed by atoms with van der Waals surface area (Å²) < 4.78 is 27.4. The molecule has 174 valence electrons. The summed E-state index contributed by atoms with van der Waals surface area (Å²) in [7, 11) is -0.245. The van der Waals surface area contributed by atoms with Crippen LogP contribution in [0.25, 0.3) is 0 Å². The summed E-state index contributed by atoms with van der Waals surface area (Å²) in [5.74, 6) is -0.375. The van der Waals surface area contributed by atoms with Crippen LogP contribution in [0.2, 0.25) is 0 Å². The number of aromatic amines is 1. The topological polar surface area (TPSA) is 125 Å². The summed E-state index contributed by atoms with van der Waals surface area (Å²) in [5.41, 5.74) is 3.86. The smallest absolute Gasteiger partial charge is 0.291 e. The molecular formula is C22H27N7O3S. The van der Waals surface area contributed by atoms with Gasteiger partial charge in [-0.05, 0) is 30.5 Å². The van der Waals surface area contributed by atoms with Crippen molar-refractivity contribution in [3.63, 3.8) is 0 Å². The Kier molecular flexibility index (Phi) is 6.25. The van der Waals surface area contributed by atoms with Crippen molar-refractivity contribution in [1.82, 2.24) is 18.6 Å². The lowest BCUT2D eigenvalue weighted by Gasteiger charge is -2.37. The number of nitriles is 1. The Labute approximate surface area is 193 Å². The van der Waals surface area contributed by atoms with Gasteiger partial charge >= 0.3 is 0 Å². The van der Waals surface area contributed by atoms with Crippen LogP contribution in [0.3, 0.4) is 0 Å². The first kappa shape index (κ1) is 23.0. The third kappa shape index (κ3) is 4.64. The molecule has 33 heavy (non-hydrogen) atoms. The molecule has 4 rings (SSSR count). The third-order valence-electron chi connectivity index (χ3n) is 6.20. The highest BCUT2D eigenvalue weighted by Crippen LogP contribution is 2.35. The molecule has 2 aliphatic rings. The average molecular weight is 470 g/mol. The van der Waals surface area contributed by atoms with Gasteiger partial charge in [-0.25, -0.2) is 4.98 Å². The van der Waals surface area contributed by atoms with Gasteiger partial charge in [-0.3, -0.25) is 4.79 Å². The van der Waals surface area contributed by atoms with Crippen molar-refractivity contribution in [2.75, 3.05) is 50.5 Å². The van der Waals surface area contributed by atoms with E-state index in [4.69, 9.17) is 5.26 Å². The number of anilines is 2. The van der Waals surface area contributed by atoms with Crippen LogP contribution in [0.5, 0.6) is 0 Å². The number of rotatable bonds is 4. The third-order valence-corrected chi connectivity index (χ3v) is 8.08. The van der Waals surface area contributed by atoms with Crippen molar-refractivity contribution >= 4 is 27.5 Å². The van der Waals surface area contributed by atoms with Crippen LogP contribution in [0, 0.1) is 11.3 Å². The zero-order valence-electron chi connectivity index (χ0n) is 18.7. The molecule has 2 saturated heterocycles. The van der Waals surface area contributed by atoms with Crippen molar-refractivity contribution in [2.45, 2.75) is 18.8 Å². The van der Waals surface area contributed by atoms with Crippen molar-refractivity contribution < 1.29 is 13.2 Å². The van der Waals surface area contributed by atoms with E-state index in [2.05, 4.69) is 26.8 Å². The van der Waals surface area contributed by atoms with Gasteiger partial charge in [0.05, 0.1) is 11.4 Å². The van der Waals surface area contributed by atoms with E-state index in [-0.39, 0.29) is 17.4 Å². The monoisotopic (exact) mass is 469 g/mol. The number of hydrogen-bond acceptors (Lipinski definition) is 6. The molecule has 0 unspecified atom stereocenters. The Hall–Kier alpha value is -3.20. The molecule has 3 heterocycles. The predicted octanol–water partition coefficient (Wildman–Crippen LogP) is 1.90. The molecule has 2 aromatic rings. The molecule has 2 fully saturated rings. The lowest BCUT2D eigenvalue weighted by Crippen LogP contribution is -2.49. The highest BCUT2D eigenvalue weighted by atomic mass is 32.2. The average Bonchev–Trinajstić information content (AvgIpc) is 3.28. The summed E-state index contributed by atoms with van der Waals surface area (Å²) >= 11 is 0. The normalized spacial score (nSPS) is 19.9. The highest BCUT2D eigenvalue weighted by Gasteiger charge is 2.34. The summed E-state index contributed by atoms with van der Waals surface area (Å²) in [6.45, 7) is 6.42. The van der Waals surface area contributed by atoms with Crippen LogP contribution in [0.15, 0.2) is 36.5 Å². The summed E-state index contributed by atoms with van der Waals surface area (Å²) in [5, 5.41) is 11.9. The number of likely N-dealkylation sites (N-methyl/N-ethyl adjacent to an activating group) is 2. The lowest BCUT2D eigenvalue weighted by molar-refractivity contribution is 0.101. The molecule has 2 N–H and O–H groups in total. The number of hydrogen-bond donors (Lipinski definition) is 2. The van der Waals surface area contributed by atoms with Gasteiger partial charge in [0, 0.05) is 52.4 Å². The van der Waals surface area contributed by atoms with E-state index < -0.39 is 16.1 Å². The van der Waals surface area contributed by atoms with Crippen LogP contribution in [-0.2, 0) is 10.2 Å². The van der Waals surface area contributed by atoms with E-state index >= 15 is 0 Å². The summed E-state index contributed by atoms with van der Waals surface area (Å²) in [4.78, 5) is 21.7. The van der Waals surface area contributed by atoms with Crippen LogP contribution in [0.1, 0.15) is 40.6 Å². The van der Waals surface area contributed by atoms with E-state index in [1.165, 1.54) is 20.4 Å². The van der Waals surface area contributed by atoms with Gasteiger partial charge in [-0.1, -0.05) is 18.2 Å². The zero-order chi connectivity index (χ0) is 23.8. The maximum absolute atomic E-state index is 12.7. The van der Waals surface area contributed by atoms with Gasteiger partial charge in [0.25, 0.3) is 16.1 Å². The number of piperidine rings is 1. The fourth-order valence-electron chi connectivity index (χ4n) is 4.23. The molecule has 0 atom stereocenters. The first-order valence-electron chi connectivity index (χ1n) is 10.7. The minimum atomic E-state index is -3.42. The van der Waals surface area contributed by atoms with Crippen molar-refractivity contribution in [2.24, 2.45) is 0 Å². The Morgan fingerprint density at radius 2 is 1.91 bits per heavy atom. The molecule has 1 aromatic heterocycles. The Balaban J connectivity index is 1.64. The minimum absolute atomic E-state index is 0.00459. The van der Waals surface area contributed by atoms with E-state index in [1.807, 2.05) is 24.3 Å². The SMILES string of the molecule is C=C1CCN(c2cc(C3CN(C)S(=O)(=O)N(C)C3)ccc2NC(=O)c2nc(C#N)c[nH]2)CC1. The molecule has 0 aliphatic carbocycles. The van der Waals surface area contributed by atoms with Crippen LogP contribution in [0.4, 0.5) is 11.4 Å². The highest BCUT2D eigenvalue weighted by molar-refractivity contribution is 7.86. The Morgan fingerprint density at radius 3 is 2.52 bits per heavy atom. The molecule has 1 amide bonds. The first-order chi connectivity index (χ1) is 15.7. The molecule has 0 saturated carbocycles. The number of benzene rings is 1. The summed E-state index contributed by atoms with van der Waals surface area (Å²) in [6, 6.07) is 7.72. The molecule has 1 aromatic carbocycles. The largest absolute Gasteiger partial charge is 0.369 e. The Bertz CT molecular complexity index is 1200. The van der Waals surface area contributed by atoms with Gasteiger partial charge in [0.15, 0.2) is 11.5 Å². The van der Waals surface area contributed by atoms with Gasteiger partial charge in [0.1, 0.15) is 6.07 Å². The lowest BCUT2D eigenvalue weighted by atomic mass is 9.96.